The van der Waals surface area contributed by atoms with Gasteiger partial charge in [0, 0.05) is 0 Å². The summed E-state index contributed by atoms with van der Waals surface area (Å²) in [4.78, 5) is 23.6. The van der Waals surface area contributed by atoms with Gasteiger partial charge in [-0.2, -0.15) is 5.26 Å². The minimum absolute atomic E-state index is 0.294. The Kier molecular flexibility index (Phi) is 4.59. The van der Waals surface area contributed by atoms with Crippen molar-refractivity contribution < 1.29 is 18.7 Å². The summed E-state index contributed by atoms with van der Waals surface area (Å²) in [5.41, 5.74) is 1.01. The van der Waals surface area contributed by atoms with Gasteiger partial charge >= 0.3 is 5.97 Å². The fourth-order valence-corrected chi connectivity index (χ4v) is 1.92. The van der Waals surface area contributed by atoms with Crippen LogP contribution in [0.2, 0.25) is 0 Å². The standard InChI is InChI=1S/C16H14N2O4/c1-10-7-13(11(2)22-10)16(20)21-9-15(19)18-14-6-4-3-5-12(14)8-17/h3-7H,9H2,1-2H3,(H,18,19). The zero-order valence-electron chi connectivity index (χ0n) is 12.2. The molecule has 1 aromatic carbocycles. The second-order valence-electron chi connectivity index (χ2n) is 4.61. The molecule has 6 nitrogen and oxygen atoms in total. The van der Waals surface area contributed by atoms with Crippen LogP contribution in [0.5, 0.6) is 0 Å². The lowest BCUT2D eigenvalue weighted by molar-refractivity contribution is -0.119. The smallest absolute Gasteiger partial charge is 0.342 e. The highest BCUT2D eigenvalue weighted by atomic mass is 16.5. The normalized spacial score (nSPS) is 9.86. The van der Waals surface area contributed by atoms with Gasteiger partial charge in [-0.05, 0) is 32.0 Å². The lowest BCUT2D eigenvalue weighted by Crippen LogP contribution is -2.21. The van der Waals surface area contributed by atoms with E-state index in [4.69, 9.17) is 14.4 Å². The molecule has 1 aromatic heterocycles. The highest BCUT2D eigenvalue weighted by molar-refractivity contribution is 5.96. The van der Waals surface area contributed by atoms with Crippen LogP contribution in [0.25, 0.3) is 0 Å². The van der Waals surface area contributed by atoms with E-state index in [1.54, 1.807) is 44.2 Å². The number of anilines is 1. The average Bonchev–Trinajstić information content (AvgIpc) is 2.84. The number of nitriles is 1. The van der Waals surface area contributed by atoms with Crippen molar-refractivity contribution >= 4 is 17.6 Å². The second-order valence-corrected chi connectivity index (χ2v) is 4.61. The lowest BCUT2D eigenvalue weighted by atomic mass is 10.2. The Hall–Kier alpha value is -3.07. The number of furan rings is 1. The molecule has 22 heavy (non-hydrogen) atoms. The maximum atomic E-state index is 11.8. The van der Waals surface area contributed by atoms with Crippen LogP contribution in [0.1, 0.15) is 27.4 Å². The first-order chi connectivity index (χ1) is 10.5. The molecule has 1 heterocycles. The first kappa shape index (κ1) is 15.3. The van der Waals surface area contributed by atoms with Crippen LogP contribution in [-0.4, -0.2) is 18.5 Å². The molecule has 0 saturated carbocycles. The zero-order chi connectivity index (χ0) is 16.1. The number of ether oxygens (including phenoxy) is 1. The molecule has 0 aliphatic heterocycles. The Morgan fingerprint density at radius 2 is 2.05 bits per heavy atom. The topological polar surface area (TPSA) is 92.3 Å². The number of esters is 1. The molecule has 112 valence electrons. The molecule has 0 saturated heterocycles. The number of benzene rings is 1. The van der Waals surface area contributed by atoms with Crippen LogP contribution in [0.15, 0.2) is 34.7 Å². The van der Waals surface area contributed by atoms with Crippen LogP contribution in [0.3, 0.4) is 0 Å². The molecule has 0 unspecified atom stereocenters. The van der Waals surface area contributed by atoms with Gasteiger partial charge in [0.15, 0.2) is 6.61 Å². The quantitative estimate of drug-likeness (QED) is 0.876. The Morgan fingerprint density at radius 1 is 1.32 bits per heavy atom. The van der Waals surface area contributed by atoms with Crippen molar-refractivity contribution in [2.75, 3.05) is 11.9 Å². The Morgan fingerprint density at radius 3 is 2.68 bits per heavy atom. The second kappa shape index (κ2) is 6.59. The third-order valence-electron chi connectivity index (χ3n) is 2.92. The van der Waals surface area contributed by atoms with Gasteiger partial charge in [0.2, 0.25) is 0 Å². The summed E-state index contributed by atoms with van der Waals surface area (Å²) >= 11 is 0. The molecular formula is C16H14N2O4. The van der Waals surface area contributed by atoms with E-state index >= 15 is 0 Å². The van der Waals surface area contributed by atoms with Crippen molar-refractivity contribution in [2.45, 2.75) is 13.8 Å². The summed E-state index contributed by atoms with van der Waals surface area (Å²) in [6.07, 6.45) is 0. The van der Waals surface area contributed by atoms with Gasteiger partial charge in [-0.15, -0.1) is 0 Å². The van der Waals surface area contributed by atoms with Gasteiger partial charge < -0.3 is 14.5 Å². The van der Waals surface area contributed by atoms with Crippen LogP contribution in [0, 0.1) is 25.2 Å². The van der Waals surface area contributed by atoms with Gasteiger partial charge in [0.25, 0.3) is 5.91 Å². The summed E-state index contributed by atoms with van der Waals surface area (Å²) in [7, 11) is 0. The van der Waals surface area contributed by atoms with E-state index in [0.29, 0.717) is 28.3 Å². The molecule has 0 bridgehead atoms. The number of para-hydroxylation sites is 1. The number of rotatable bonds is 4. The SMILES string of the molecule is Cc1cc(C(=O)OCC(=O)Nc2ccccc2C#N)c(C)o1. The minimum atomic E-state index is -0.627. The van der Waals surface area contributed by atoms with Gasteiger partial charge in [0.05, 0.1) is 11.3 Å². The summed E-state index contributed by atoms with van der Waals surface area (Å²) in [5, 5.41) is 11.5. The highest BCUT2D eigenvalue weighted by Gasteiger charge is 2.16. The number of carbonyl (C=O) groups excluding carboxylic acids is 2. The molecule has 0 atom stereocenters. The highest BCUT2D eigenvalue weighted by Crippen LogP contribution is 2.15. The van der Waals surface area contributed by atoms with Crippen LogP contribution in [0.4, 0.5) is 5.69 Å². The molecule has 0 fully saturated rings. The maximum Gasteiger partial charge on any atom is 0.342 e. The number of aryl methyl sites for hydroxylation is 2. The fourth-order valence-electron chi connectivity index (χ4n) is 1.92. The van der Waals surface area contributed by atoms with Crippen molar-refractivity contribution in [2.24, 2.45) is 0 Å². The predicted octanol–water partition coefficient (Wildman–Crippen LogP) is 2.56. The third kappa shape index (κ3) is 3.52. The van der Waals surface area contributed by atoms with Gasteiger partial charge in [0.1, 0.15) is 23.2 Å². The van der Waals surface area contributed by atoms with Gasteiger partial charge in [-0.1, -0.05) is 12.1 Å². The van der Waals surface area contributed by atoms with E-state index in [2.05, 4.69) is 5.32 Å². The van der Waals surface area contributed by atoms with E-state index in [0.717, 1.165) is 0 Å². The summed E-state index contributed by atoms with van der Waals surface area (Å²) < 4.78 is 10.2. The average molecular weight is 298 g/mol. The van der Waals surface area contributed by atoms with E-state index in [9.17, 15) is 9.59 Å². The van der Waals surface area contributed by atoms with Crippen molar-refractivity contribution in [3.8, 4) is 6.07 Å². The molecule has 0 aliphatic rings. The number of amides is 1. The van der Waals surface area contributed by atoms with Gasteiger partial charge in [-0.3, -0.25) is 4.79 Å². The molecule has 1 N–H and O–H groups in total. The van der Waals surface area contributed by atoms with E-state index < -0.39 is 18.5 Å². The van der Waals surface area contributed by atoms with E-state index in [-0.39, 0.29) is 0 Å². The molecule has 0 radical (unpaired) electrons. The van der Waals surface area contributed by atoms with E-state index in [1.807, 2.05) is 6.07 Å². The molecule has 0 spiro atoms. The predicted molar refractivity (Wildman–Crippen MR) is 78.3 cm³/mol. The Balaban J connectivity index is 1.95. The van der Waals surface area contributed by atoms with Crippen LogP contribution < -0.4 is 5.32 Å². The molecular weight excluding hydrogens is 284 g/mol. The Labute approximate surface area is 127 Å². The largest absolute Gasteiger partial charge is 0.466 e. The first-order valence-corrected chi connectivity index (χ1v) is 6.54. The fraction of sp³-hybridized carbons (Fsp3) is 0.188. The van der Waals surface area contributed by atoms with Crippen LogP contribution >= 0.6 is 0 Å². The molecule has 2 rings (SSSR count). The molecule has 2 aromatic rings. The lowest BCUT2D eigenvalue weighted by Gasteiger charge is -2.07. The van der Waals surface area contributed by atoms with Crippen LogP contribution in [-0.2, 0) is 9.53 Å². The van der Waals surface area contributed by atoms with Crippen molar-refractivity contribution in [1.82, 2.24) is 0 Å². The molecule has 6 heteroatoms. The van der Waals surface area contributed by atoms with Gasteiger partial charge in [-0.25, -0.2) is 4.79 Å². The number of carbonyl (C=O) groups is 2. The molecule has 1 amide bonds. The summed E-state index contributed by atoms with van der Waals surface area (Å²) in [6.45, 7) is 2.92. The molecule has 0 aliphatic carbocycles. The number of nitrogens with zero attached hydrogens (tertiary/aromatic N) is 1. The zero-order valence-corrected chi connectivity index (χ0v) is 12.2. The summed E-state index contributed by atoms with van der Waals surface area (Å²) in [5.74, 6) is -0.110. The summed E-state index contributed by atoms with van der Waals surface area (Å²) in [6, 6.07) is 10.1. The number of hydrogen-bond acceptors (Lipinski definition) is 5. The maximum absolute atomic E-state index is 11.8. The monoisotopic (exact) mass is 298 g/mol. The minimum Gasteiger partial charge on any atom is -0.466 e. The first-order valence-electron chi connectivity index (χ1n) is 6.54. The van der Waals surface area contributed by atoms with Crippen molar-refractivity contribution in [3.05, 3.63) is 53.0 Å². The number of nitrogens with one attached hydrogen (secondary N) is 1. The van der Waals surface area contributed by atoms with E-state index in [1.165, 1.54) is 0 Å². The van der Waals surface area contributed by atoms with Crippen molar-refractivity contribution in [3.63, 3.8) is 0 Å². The Bertz CT molecular complexity index is 756. The third-order valence-corrected chi connectivity index (χ3v) is 2.92. The van der Waals surface area contributed by atoms with Crippen molar-refractivity contribution in [1.29, 1.82) is 5.26 Å². The number of hydrogen-bond donors (Lipinski definition) is 1.